The second-order valence-electron chi connectivity index (χ2n) is 5.95. The smallest absolute Gasteiger partial charge is 0.239 e. The van der Waals surface area contributed by atoms with Gasteiger partial charge in [0.1, 0.15) is 17.4 Å². The van der Waals surface area contributed by atoms with Crippen LogP contribution in [0.4, 0.5) is 0 Å². The average Bonchev–Trinajstić information content (AvgIpc) is 3.13. The lowest BCUT2D eigenvalue weighted by Gasteiger charge is -2.22. The summed E-state index contributed by atoms with van der Waals surface area (Å²) in [4.78, 5) is 12.4. The van der Waals surface area contributed by atoms with Gasteiger partial charge in [0.2, 0.25) is 15.9 Å². The third kappa shape index (κ3) is 3.25. The van der Waals surface area contributed by atoms with E-state index in [0.29, 0.717) is 25.1 Å². The molecule has 1 fully saturated rings. The number of para-hydroxylation sites is 1. The van der Waals surface area contributed by atoms with E-state index in [4.69, 9.17) is 4.42 Å². The first-order valence-corrected chi connectivity index (χ1v) is 9.47. The summed E-state index contributed by atoms with van der Waals surface area (Å²) < 4.78 is 30.5. The maximum absolute atomic E-state index is 12.4. The molecule has 124 valence electrons. The predicted molar refractivity (Wildman–Crippen MR) is 87.3 cm³/mol. The van der Waals surface area contributed by atoms with Gasteiger partial charge in [0.15, 0.2) is 0 Å². The van der Waals surface area contributed by atoms with Crippen LogP contribution in [0.3, 0.4) is 0 Å². The van der Waals surface area contributed by atoms with Crippen molar-refractivity contribution < 1.29 is 17.6 Å². The first kappa shape index (κ1) is 16.0. The molecule has 1 aliphatic heterocycles. The van der Waals surface area contributed by atoms with E-state index in [1.807, 2.05) is 37.3 Å². The molecule has 0 bridgehead atoms. The van der Waals surface area contributed by atoms with E-state index < -0.39 is 16.1 Å². The van der Waals surface area contributed by atoms with Crippen molar-refractivity contribution in [1.29, 1.82) is 0 Å². The molecular weight excluding hydrogens is 316 g/mol. The lowest BCUT2D eigenvalue weighted by Crippen LogP contribution is -2.46. The summed E-state index contributed by atoms with van der Waals surface area (Å²) in [6.07, 6.45) is 2.39. The molecule has 0 radical (unpaired) electrons. The number of hydrogen-bond donors (Lipinski definition) is 1. The molecular formula is C16H20N2O4S. The zero-order chi connectivity index (χ0) is 16.6. The largest absolute Gasteiger partial charge is 0.459 e. The summed E-state index contributed by atoms with van der Waals surface area (Å²) in [6, 6.07) is 8.57. The number of rotatable bonds is 4. The standard InChI is InChI=1S/C16H20N2O4S/c1-11(15-10-12-6-3-4-8-14(12)22-15)17-16(19)13-7-5-9-18(13)23(2,20)21/h3-4,6,8,10-11,13H,5,7,9H2,1-2H3,(H,17,19). The second kappa shape index (κ2) is 5.98. The Labute approximate surface area is 135 Å². The average molecular weight is 336 g/mol. The fraction of sp³-hybridized carbons (Fsp3) is 0.438. The Bertz CT molecular complexity index is 794. The van der Waals surface area contributed by atoms with E-state index in [1.165, 1.54) is 4.31 Å². The van der Waals surface area contributed by atoms with E-state index in [-0.39, 0.29) is 11.9 Å². The van der Waals surface area contributed by atoms with Crippen LogP contribution in [0.2, 0.25) is 0 Å². The molecule has 2 heterocycles. The summed E-state index contributed by atoms with van der Waals surface area (Å²) >= 11 is 0. The van der Waals surface area contributed by atoms with Crippen molar-refractivity contribution >= 4 is 26.9 Å². The number of amides is 1. The summed E-state index contributed by atoms with van der Waals surface area (Å²) in [5.41, 5.74) is 0.766. The molecule has 1 aromatic heterocycles. The van der Waals surface area contributed by atoms with Crippen LogP contribution in [0.1, 0.15) is 31.6 Å². The van der Waals surface area contributed by atoms with Gasteiger partial charge in [-0.15, -0.1) is 0 Å². The summed E-state index contributed by atoms with van der Waals surface area (Å²) in [6.45, 7) is 2.23. The highest BCUT2D eigenvalue weighted by Crippen LogP contribution is 2.25. The van der Waals surface area contributed by atoms with Crippen LogP contribution in [0, 0.1) is 0 Å². The molecule has 0 spiro atoms. The summed E-state index contributed by atoms with van der Waals surface area (Å²) in [5, 5.41) is 3.84. The van der Waals surface area contributed by atoms with Crippen molar-refractivity contribution in [1.82, 2.24) is 9.62 Å². The Kier molecular flexibility index (Phi) is 4.16. The number of carbonyl (C=O) groups is 1. The fourth-order valence-electron chi connectivity index (χ4n) is 3.00. The highest BCUT2D eigenvalue weighted by atomic mass is 32.2. The Balaban J connectivity index is 1.74. The summed E-state index contributed by atoms with van der Waals surface area (Å²) in [5.74, 6) is 0.379. The minimum atomic E-state index is -3.37. The molecule has 2 aromatic rings. The van der Waals surface area contributed by atoms with Crippen molar-refractivity contribution in [2.45, 2.75) is 31.8 Å². The van der Waals surface area contributed by atoms with E-state index in [9.17, 15) is 13.2 Å². The van der Waals surface area contributed by atoms with E-state index in [2.05, 4.69) is 5.32 Å². The Hall–Kier alpha value is -1.86. The number of nitrogens with one attached hydrogen (secondary N) is 1. The van der Waals surface area contributed by atoms with Gasteiger partial charge < -0.3 is 9.73 Å². The minimum absolute atomic E-state index is 0.277. The topological polar surface area (TPSA) is 79.6 Å². The highest BCUT2D eigenvalue weighted by molar-refractivity contribution is 7.88. The van der Waals surface area contributed by atoms with Crippen molar-refractivity contribution in [2.24, 2.45) is 0 Å². The molecule has 0 aliphatic carbocycles. The zero-order valence-corrected chi connectivity index (χ0v) is 14.0. The fourth-order valence-corrected chi connectivity index (χ4v) is 4.12. The maximum atomic E-state index is 12.4. The third-order valence-corrected chi connectivity index (χ3v) is 5.45. The first-order chi connectivity index (χ1) is 10.9. The lowest BCUT2D eigenvalue weighted by molar-refractivity contribution is -0.125. The van der Waals surface area contributed by atoms with Gasteiger partial charge in [0.05, 0.1) is 12.3 Å². The molecule has 1 aromatic carbocycles. The van der Waals surface area contributed by atoms with Crippen LogP contribution in [-0.4, -0.2) is 37.5 Å². The van der Waals surface area contributed by atoms with Crippen LogP contribution < -0.4 is 5.32 Å². The summed E-state index contributed by atoms with van der Waals surface area (Å²) in [7, 11) is -3.37. The van der Waals surface area contributed by atoms with Crippen LogP contribution >= 0.6 is 0 Å². The number of hydrogen-bond acceptors (Lipinski definition) is 4. The van der Waals surface area contributed by atoms with Gasteiger partial charge >= 0.3 is 0 Å². The van der Waals surface area contributed by atoms with E-state index >= 15 is 0 Å². The molecule has 2 atom stereocenters. The Morgan fingerprint density at radius 2 is 2.13 bits per heavy atom. The van der Waals surface area contributed by atoms with Crippen molar-refractivity contribution in [3.8, 4) is 0 Å². The molecule has 7 heteroatoms. The Morgan fingerprint density at radius 3 is 2.83 bits per heavy atom. The monoisotopic (exact) mass is 336 g/mol. The van der Waals surface area contributed by atoms with Crippen molar-refractivity contribution in [2.75, 3.05) is 12.8 Å². The molecule has 2 unspecified atom stereocenters. The number of furan rings is 1. The van der Waals surface area contributed by atoms with Crippen molar-refractivity contribution in [3.63, 3.8) is 0 Å². The van der Waals surface area contributed by atoms with Gasteiger partial charge in [-0.1, -0.05) is 18.2 Å². The first-order valence-electron chi connectivity index (χ1n) is 7.62. The third-order valence-electron chi connectivity index (χ3n) is 4.16. The van der Waals surface area contributed by atoms with Crippen LogP contribution in [0.25, 0.3) is 11.0 Å². The Morgan fingerprint density at radius 1 is 1.39 bits per heavy atom. The highest BCUT2D eigenvalue weighted by Gasteiger charge is 2.37. The van der Waals surface area contributed by atoms with Gasteiger partial charge in [-0.05, 0) is 31.9 Å². The maximum Gasteiger partial charge on any atom is 0.239 e. The van der Waals surface area contributed by atoms with Crippen LogP contribution in [0.15, 0.2) is 34.7 Å². The lowest BCUT2D eigenvalue weighted by atomic mass is 10.2. The predicted octanol–water partition coefficient (Wildman–Crippen LogP) is 2.03. The minimum Gasteiger partial charge on any atom is -0.459 e. The number of benzene rings is 1. The van der Waals surface area contributed by atoms with Gasteiger partial charge in [-0.25, -0.2) is 8.42 Å². The molecule has 1 N–H and O–H groups in total. The molecule has 6 nitrogen and oxygen atoms in total. The molecule has 1 aliphatic rings. The van der Waals surface area contributed by atoms with E-state index in [1.54, 1.807) is 0 Å². The number of nitrogens with zero attached hydrogens (tertiary/aromatic N) is 1. The van der Waals surface area contributed by atoms with Gasteiger partial charge in [-0.2, -0.15) is 4.31 Å². The van der Waals surface area contributed by atoms with Gasteiger partial charge in [-0.3, -0.25) is 4.79 Å². The molecule has 3 rings (SSSR count). The quantitative estimate of drug-likeness (QED) is 0.926. The van der Waals surface area contributed by atoms with Gasteiger partial charge in [0.25, 0.3) is 0 Å². The van der Waals surface area contributed by atoms with Crippen LogP contribution in [-0.2, 0) is 14.8 Å². The number of fused-ring (bicyclic) bond motifs is 1. The second-order valence-corrected chi connectivity index (χ2v) is 7.88. The SMILES string of the molecule is CC(NC(=O)C1CCCN1S(C)(=O)=O)c1cc2ccccc2o1. The van der Waals surface area contributed by atoms with Gasteiger partial charge in [0, 0.05) is 11.9 Å². The van der Waals surface area contributed by atoms with Crippen LogP contribution in [0.5, 0.6) is 0 Å². The molecule has 1 amide bonds. The number of sulfonamides is 1. The van der Waals surface area contributed by atoms with Crippen molar-refractivity contribution in [3.05, 3.63) is 36.1 Å². The van der Waals surface area contributed by atoms with E-state index in [0.717, 1.165) is 17.2 Å². The molecule has 23 heavy (non-hydrogen) atoms. The molecule has 0 saturated carbocycles. The zero-order valence-electron chi connectivity index (χ0n) is 13.2. The molecule has 1 saturated heterocycles. The normalized spacial score (nSPS) is 20.7. The number of carbonyl (C=O) groups excluding carboxylic acids is 1.